The maximum absolute atomic E-state index is 12.7. The molecule has 0 aromatic carbocycles. The van der Waals surface area contributed by atoms with Gasteiger partial charge in [-0.1, -0.05) is 104 Å². The molecule has 202 valence electrons. The molecule has 0 aliphatic carbocycles. The second-order valence-electron chi connectivity index (χ2n) is 10.4. The standard InChI is InChI=1S/C26H52N2O5S/c1-4-5-6-7-8-9-10-11-12-13-14-15-16-17-20-34(31,32)28-24(21-22(2)3)25(29)27-23-18-19-33-26(23)30/h22-24,26,28,30H,4-21H2,1-3H3,(H,27,29)/t23-,24-,26?/m0/s1. The molecule has 1 amide bonds. The van der Waals surface area contributed by atoms with Gasteiger partial charge in [0.25, 0.3) is 0 Å². The van der Waals surface area contributed by atoms with Crippen molar-refractivity contribution in [1.29, 1.82) is 0 Å². The minimum Gasteiger partial charge on any atom is -0.366 e. The van der Waals surface area contributed by atoms with Gasteiger partial charge in [0.05, 0.1) is 18.4 Å². The zero-order valence-corrected chi connectivity index (χ0v) is 22.8. The first-order valence-corrected chi connectivity index (χ1v) is 15.5. The van der Waals surface area contributed by atoms with Crippen LogP contribution in [0.1, 0.15) is 124 Å². The first kappa shape index (κ1) is 31.3. The van der Waals surface area contributed by atoms with Gasteiger partial charge in [-0.2, -0.15) is 0 Å². The highest BCUT2D eigenvalue weighted by atomic mass is 32.2. The molecule has 3 atom stereocenters. The van der Waals surface area contributed by atoms with Gasteiger partial charge in [-0.3, -0.25) is 4.79 Å². The normalized spacial score (nSPS) is 19.6. The van der Waals surface area contributed by atoms with Gasteiger partial charge >= 0.3 is 0 Å². The summed E-state index contributed by atoms with van der Waals surface area (Å²) in [6.07, 6.45) is 17.0. The van der Waals surface area contributed by atoms with Gasteiger partial charge < -0.3 is 15.2 Å². The van der Waals surface area contributed by atoms with Crippen LogP contribution >= 0.6 is 0 Å². The summed E-state index contributed by atoms with van der Waals surface area (Å²) in [5, 5.41) is 12.5. The minimum absolute atomic E-state index is 0.0437. The van der Waals surface area contributed by atoms with E-state index in [0.29, 0.717) is 25.9 Å². The zero-order chi connectivity index (χ0) is 25.2. The van der Waals surface area contributed by atoms with E-state index in [4.69, 9.17) is 4.74 Å². The maximum atomic E-state index is 12.7. The van der Waals surface area contributed by atoms with E-state index in [1.165, 1.54) is 64.2 Å². The Morgan fingerprint density at radius 2 is 1.41 bits per heavy atom. The number of ether oxygens (including phenoxy) is 1. The smallest absolute Gasteiger partial charge is 0.238 e. The highest BCUT2D eigenvalue weighted by Gasteiger charge is 2.32. The fourth-order valence-electron chi connectivity index (χ4n) is 4.44. The van der Waals surface area contributed by atoms with Gasteiger partial charge in [0.15, 0.2) is 6.29 Å². The Kier molecular flexibility index (Phi) is 17.1. The van der Waals surface area contributed by atoms with Crippen LogP contribution in [0.15, 0.2) is 0 Å². The van der Waals surface area contributed by atoms with Crippen LogP contribution in [0, 0.1) is 5.92 Å². The van der Waals surface area contributed by atoms with Crippen molar-refractivity contribution >= 4 is 15.9 Å². The van der Waals surface area contributed by atoms with E-state index in [2.05, 4.69) is 17.0 Å². The molecule has 0 radical (unpaired) electrons. The Morgan fingerprint density at radius 1 is 0.912 bits per heavy atom. The summed E-state index contributed by atoms with van der Waals surface area (Å²) in [7, 11) is -3.54. The number of rotatable bonds is 21. The zero-order valence-electron chi connectivity index (χ0n) is 22.0. The number of carbonyl (C=O) groups is 1. The minimum atomic E-state index is -3.54. The predicted octanol–water partition coefficient (Wildman–Crippen LogP) is 5.03. The van der Waals surface area contributed by atoms with Crippen molar-refractivity contribution in [2.24, 2.45) is 5.92 Å². The monoisotopic (exact) mass is 504 g/mol. The highest BCUT2D eigenvalue weighted by molar-refractivity contribution is 7.89. The molecular weight excluding hydrogens is 452 g/mol. The third kappa shape index (κ3) is 15.3. The Bertz CT molecular complexity index is 627. The van der Waals surface area contributed by atoms with Gasteiger partial charge in [0.1, 0.15) is 6.04 Å². The predicted molar refractivity (Wildman–Crippen MR) is 139 cm³/mol. The molecule has 1 saturated heterocycles. The first-order valence-electron chi connectivity index (χ1n) is 13.8. The number of sulfonamides is 1. The van der Waals surface area contributed by atoms with Crippen molar-refractivity contribution in [2.75, 3.05) is 12.4 Å². The quantitative estimate of drug-likeness (QED) is 0.190. The van der Waals surface area contributed by atoms with Crippen LogP contribution in [0.3, 0.4) is 0 Å². The van der Waals surface area contributed by atoms with Crippen molar-refractivity contribution in [3.05, 3.63) is 0 Å². The average Bonchev–Trinajstić information content (AvgIpc) is 3.17. The van der Waals surface area contributed by atoms with Gasteiger partial charge in [0.2, 0.25) is 15.9 Å². The molecule has 0 spiro atoms. The van der Waals surface area contributed by atoms with Crippen LogP contribution in [-0.4, -0.2) is 50.2 Å². The van der Waals surface area contributed by atoms with Crippen LogP contribution in [0.5, 0.6) is 0 Å². The molecule has 1 aliphatic heterocycles. The largest absolute Gasteiger partial charge is 0.366 e. The van der Waals surface area contributed by atoms with Crippen molar-refractivity contribution in [3.8, 4) is 0 Å². The van der Waals surface area contributed by atoms with E-state index in [9.17, 15) is 18.3 Å². The molecule has 3 N–H and O–H groups in total. The van der Waals surface area contributed by atoms with E-state index in [1.54, 1.807) is 0 Å². The molecule has 1 fully saturated rings. The van der Waals surface area contributed by atoms with E-state index < -0.39 is 34.3 Å². The molecule has 1 rings (SSSR count). The summed E-state index contributed by atoms with van der Waals surface area (Å²) < 4.78 is 32.8. The third-order valence-corrected chi connectivity index (χ3v) is 7.97. The van der Waals surface area contributed by atoms with Crippen molar-refractivity contribution in [2.45, 2.75) is 142 Å². The fourth-order valence-corrected chi connectivity index (χ4v) is 5.78. The van der Waals surface area contributed by atoms with E-state index in [1.807, 2.05) is 13.8 Å². The first-order chi connectivity index (χ1) is 16.2. The van der Waals surface area contributed by atoms with E-state index in [-0.39, 0.29) is 11.7 Å². The summed E-state index contributed by atoms with van der Waals surface area (Å²) in [6.45, 7) is 6.54. The number of hydrogen-bond acceptors (Lipinski definition) is 5. The molecule has 8 heteroatoms. The second kappa shape index (κ2) is 18.6. The number of amides is 1. The third-order valence-electron chi connectivity index (χ3n) is 6.50. The summed E-state index contributed by atoms with van der Waals surface area (Å²) in [6, 6.07) is -1.32. The van der Waals surface area contributed by atoms with Crippen LogP contribution in [-0.2, 0) is 19.6 Å². The Morgan fingerprint density at radius 3 is 1.85 bits per heavy atom. The second-order valence-corrected chi connectivity index (χ2v) is 12.3. The SMILES string of the molecule is CCCCCCCCCCCCCCCCS(=O)(=O)N[C@@H](CC(C)C)C(=O)N[C@H]1CCOC1O. The lowest BCUT2D eigenvalue weighted by molar-refractivity contribution is -0.127. The molecule has 0 aromatic heterocycles. The number of hydrogen-bond donors (Lipinski definition) is 3. The van der Waals surface area contributed by atoms with Crippen molar-refractivity contribution in [1.82, 2.24) is 10.0 Å². The van der Waals surface area contributed by atoms with Crippen LogP contribution in [0.2, 0.25) is 0 Å². The molecule has 0 aromatic rings. The molecular formula is C26H52N2O5S. The number of aliphatic hydroxyl groups excluding tert-OH is 1. The number of aliphatic hydroxyl groups is 1. The van der Waals surface area contributed by atoms with Gasteiger partial charge in [-0.15, -0.1) is 0 Å². The van der Waals surface area contributed by atoms with Crippen molar-refractivity contribution in [3.63, 3.8) is 0 Å². The lowest BCUT2D eigenvalue weighted by atomic mass is 10.0. The van der Waals surface area contributed by atoms with E-state index in [0.717, 1.165) is 19.3 Å². The molecule has 0 saturated carbocycles. The molecule has 7 nitrogen and oxygen atoms in total. The summed E-state index contributed by atoms with van der Waals surface area (Å²) in [4.78, 5) is 12.7. The lowest BCUT2D eigenvalue weighted by Gasteiger charge is -2.23. The van der Waals surface area contributed by atoms with Crippen LogP contribution in [0.4, 0.5) is 0 Å². The summed E-state index contributed by atoms with van der Waals surface area (Å²) >= 11 is 0. The highest BCUT2D eigenvalue weighted by Crippen LogP contribution is 2.15. The number of nitrogens with one attached hydrogen (secondary N) is 2. The van der Waals surface area contributed by atoms with Crippen LogP contribution in [0.25, 0.3) is 0 Å². The Labute approximate surface area is 209 Å². The summed E-state index contributed by atoms with van der Waals surface area (Å²) in [5.74, 6) is -0.195. The van der Waals surface area contributed by atoms with Crippen LogP contribution < -0.4 is 10.0 Å². The Hall–Kier alpha value is -0.700. The maximum Gasteiger partial charge on any atom is 0.238 e. The average molecular weight is 505 g/mol. The lowest BCUT2D eigenvalue weighted by Crippen LogP contribution is -2.52. The number of unbranched alkanes of at least 4 members (excludes halogenated alkanes) is 13. The fraction of sp³-hybridized carbons (Fsp3) is 0.962. The number of carbonyl (C=O) groups excluding carboxylic acids is 1. The molecule has 34 heavy (non-hydrogen) atoms. The van der Waals surface area contributed by atoms with Gasteiger partial charge in [-0.25, -0.2) is 13.1 Å². The molecule has 1 aliphatic rings. The van der Waals surface area contributed by atoms with Crippen molar-refractivity contribution < 1.29 is 23.1 Å². The summed E-state index contributed by atoms with van der Waals surface area (Å²) in [5.41, 5.74) is 0. The topological polar surface area (TPSA) is 105 Å². The molecule has 0 bridgehead atoms. The van der Waals surface area contributed by atoms with Gasteiger partial charge in [-0.05, 0) is 25.2 Å². The van der Waals surface area contributed by atoms with Gasteiger partial charge in [0, 0.05) is 0 Å². The van der Waals surface area contributed by atoms with E-state index >= 15 is 0 Å². The molecule has 1 unspecified atom stereocenters. The molecule has 1 heterocycles. The Balaban J connectivity index is 2.17.